The molecule has 128 valence electrons. The van der Waals surface area contributed by atoms with Gasteiger partial charge in [0.25, 0.3) is 5.91 Å². The molecule has 0 unspecified atom stereocenters. The van der Waals surface area contributed by atoms with Gasteiger partial charge in [-0.3, -0.25) is 4.79 Å². The second-order valence-electron chi connectivity index (χ2n) is 5.26. The zero-order valence-corrected chi connectivity index (χ0v) is 13.6. The number of halogens is 3. The van der Waals surface area contributed by atoms with Gasteiger partial charge in [-0.25, -0.2) is 15.0 Å². The summed E-state index contributed by atoms with van der Waals surface area (Å²) in [4.78, 5) is 27.8. The van der Waals surface area contributed by atoms with E-state index in [9.17, 15) is 18.0 Å². The Bertz CT molecular complexity index is 726. The fourth-order valence-corrected chi connectivity index (χ4v) is 3.33. The quantitative estimate of drug-likeness (QED) is 0.825. The van der Waals surface area contributed by atoms with Gasteiger partial charge in [0.1, 0.15) is 4.88 Å². The van der Waals surface area contributed by atoms with Gasteiger partial charge in [0, 0.05) is 38.6 Å². The Balaban J connectivity index is 1.69. The molecule has 2 aromatic rings. The van der Waals surface area contributed by atoms with Gasteiger partial charge >= 0.3 is 6.18 Å². The minimum atomic E-state index is -4.53. The fourth-order valence-electron chi connectivity index (χ4n) is 2.42. The topological polar surface area (TPSA) is 62.2 Å². The summed E-state index contributed by atoms with van der Waals surface area (Å²) in [5.41, 5.74) is 0.117. The van der Waals surface area contributed by atoms with Crippen molar-refractivity contribution in [3.8, 4) is 0 Å². The first-order valence-electron chi connectivity index (χ1n) is 7.22. The molecule has 10 heteroatoms. The van der Waals surface area contributed by atoms with E-state index < -0.39 is 17.1 Å². The number of anilines is 1. The SMILES string of the molecule is Cc1nc(C(F)(F)F)sc1C(=O)N1CCN(c2ncccn2)CC1. The monoisotopic (exact) mass is 357 g/mol. The third-order valence-electron chi connectivity index (χ3n) is 3.64. The number of alkyl halides is 3. The van der Waals surface area contributed by atoms with E-state index in [4.69, 9.17) is 0 Å². The van der Waals surface area contributed by atoms with Crippen molar-refractivity contribution >= 4 is 23.2 Å². The summed E-state index contributed by atoms with van der Waals surface area (Å²) in [5.74, 6) is 0.173. The van der Waals surface area contributed by atoms with Gasteiger partial charge < -0.3 is 9.80 Å². The molecule has 1 fully saturated rings. The molecular formula is C14H14F3N5OS. The number of piperazine rings is 1. The fraction of sp³-hybridized carbons (Fsp3) is 0.429. The van der Waals surface area contributed by atoms with Crippen LogP contribution in [0.25, 0.3) is 0 Å². The smallest absolute Gasteiger partial charge is 0.337 e. The van der Waals surface area contributed by atoms with Crippen LogP contribution in [-0.4, -0.2) is 51.9 Å². The Morgan fingerprint density at radius 2 is 1.79 bits per heavy atom. The lowest BCUT2D eigenvalue weighted by molar-refractivity contribution is -0.137. The van der Waals surface area contributed by atoms with E-state index in [1.165, 1.54) is 6.92 Å². The lowest BCUT2D eigenvalue weighted by atomic mass is 10.3. The number of hydrogen-bond acceptors (Lipinski definition) is 6. The van der Waals surface area contributed by atoms with E-state index in [0.29, 0.717) is 43.5 Å². The molecule has 1 amide bonds. The molecule has 6 nitrogen and oxygen atoms in total. The maximum absolute atomic E-state index is 12.7. The number of rotatable bonds is 2. The molecule has 0 aliphatic carbocycles. The van der Waals surface area contributed by atoms with Gasteiger partial charge in [-0.1, -0.05) is 0 Å². The number of aromatic nitrogens is 3. The van der Waals surface area contributed by atoms with Crippen molar-refractivity contribution in [2.45, 2.75) is 13.1 Å². The van der Waals surface area contributed by atoms with E-state index in [1.807, 2.05) is 4.90 Å². The van der Waals surface area contributed by atoms with Gasteiger partial charge in [-0.15, -0.1) is 11.3 Å². The van der Waals surface area contributed by atoms with Crippen LogP contribution < -0.4 is 4.90 Å². The van der Waals surface area contributed by atoms with Gasteiger partial charge in [-0.05, 0) is 13.0 Å². The highest BCUT2D eigenvalue weighted by Gasteiger charge is 2.37. The summed E-state index contributed by atoms with van der Waals surface area (Å²) in [6.07, 6.45) is -1.25. The van der Waals surface area contributed by atoms with Crippen molar-refractivity contribution in [2.24, 2.45) is 0 Å². The molecule has 24 heavy (non-hydrogen) atoms. The lowest BCUT2D eigenvalue weighted by Crippen LogP contribution is -2.49. The van der Waals surface area contributed by atoms with Gasteiger partial charge in [0.15, 0.2) is 5.01 Å². The van der Waals surface area contributed by atoms with Gasteiger partial charge in [0.05, 0.1) is 5.69 Å². The minimum Gasteiger partial charge on any atom is -0.337 e. The molecule has 3 rings (SSSR count). The molecule has 3 heterocycles. The summed E-state index contributed by atoms with van der Waals surface area (Å²) in [5, 5.41) is -0.986. The normalized spacial score (nSPS) is 15.7. The third kappa shape index (κ3) is 3.32. The van der Waals surface area contributed by atoms with Crippen LogP contribution in [0.5, 0.6) is 0 Å². The van der Waals surface area contributed by atoms with E-state index in [-0.39, 0.29) is 10.6 Å². The Hall–Kier alpha value is -2.23. The molecule has 0 radical (unpaired) electrons. The van der Waals surface area contributed by atoms with Crippen LogP contribution in [0, 0.1) is 6.92 Å². The molecule has 0 bridgehead atoms. The number of amides is 1. The zero-order valence-electron chi connectivity index (χ0n) is 12.7. The molecule has 0 atom stereocenters. The summed E-state index contributed by atoms with van der Waals surface area (Å²) in [6.45, 7) is 3.28. The van der Waals surface area contributed by atoms with Crippen molar-refractivity contribution in [2.75, 3.05) is 31.1 Å². The Morgan fingerprint density at radius 1 is 1.17 bits per heavy atom. The third-order valence-corrected chi connectivity index (χ3v) is 4.83. The van der Waals surface area contributed by atoms with Crippen LogP contribution in [0.3, 0.4) is 0 Å². The second kappa shape index (κ2) is 6.34. The molecule has 2 aromatic heterocycles. The standard InChI is InChI=1S/C14H14F3N5OS/c1-9-10(24-12(20-9)14(15,16)17)11(23)21-5-7-22(8-6-21)13-18-3-2-4-19-13/h2-4H,5-8H2,1H3. The first kappa shape index (κ1) is 16.6. The van der Waals surface area contributed by atoms with Crippen LogP contribution in [-0.2, 0) is 6.18 Å². The molecule has 0 aromatic carbocycles. The van der Waals surface area contributed by atoms with Crippen molar-refractivity contribution < 1.29 is 18.0 Å². The maximum Gasteiger partial charge on any atom is 0.443 e. The highest BCUT2D eigenvalue weighted by molar-refractivity contribution is 7.13. The summed E-state index contributed by atoms with van der Waals surface area (Å²) >= 11 is 0.400. The van der Waals surface area contributed by atoms with Crippen LogP contribution in [0.1, 0.15) is 20.4 Å². The molecule has 1 aliphatic rings. The highest BCUT2D eigenvalue weighted by Crippen LogP contribution is 2.34. The van der Waals surface area contributed by atoms with Gasteiger partial charge in [-0.2, -0.15) is 13.2 Å². The number of carbonyl (C=O) groups is 1. The second-order valence-corrected chi connectivity index (χ2v) is 6.26. The Labute approximate surface area is 140 Å². The average molecular weight is 357 g/mol. The zero-order chi connectivity index (χ0) is 17.3. The Kier molecular flexibility index (Phi) is 4.39. The number of aryl methyl sites for hydroxylation is 1. The lowest BCUT2D eigenvalue weighted by Gasteiger charge is -2.34. The number of nitrogens with zero attached hydrogens (tertiary/aromatic N) is 5. The summed E-state index contributed by atoms with van der Waals surface area (Å²) < 4.78 is 38.2. The van der Waals surface area contributed by atoms with Crippen LogP contribution in [0.4, 0.5) is 19.1 Å². The molecule has 1 saturated heterocycles. The van der Waals surface area contributed by atoms with E-state index in [2.05, 4.69) is 15.0 Å². The first-order valence-corrected chi connectivity index (χ1v) is 8.04. The van der Waals surface area contributed by atoms with E-state index in [1.54, 1.807) is 23.4 Å². The van der Waals surface area contributed by atoms with Crippen LogP contribution >= 0.6 is 11.3 Å². The van der Waals surface area contributed by atoms with Crippen molar-refractivity contribution in [3.63, 3.8) is 0 Å². The van der Waals surface area contributed by atoms with Crippen LogP contribution in [0.2, 0.25) is 0 Å². The maximum atomic E-state index is 12.7. The molecule has 0 saturated carbocycles. The van der Waals surface area contributed by atoms with Crippen LogP contribution in [0.15, 0.2) is 18.5 Å². The first-order chi connectivity index (χ1) is 11.4. The largest absolute Gasteiger partial charge is 0.443 e. The molecule has 1 aliphatic heterocycles. The molecule has 0 N–H and O–H groups in total. The van der Waals surface area contributed by atoms with Crippen molar-refractivity contribution in [1.29, 1.82) is 0 Å². The van der Waals surface area contributed by atoms with Gasteiger partial charge in [0.2, 0.25) is 5.95 Å². The number of carbonyl (C=O) groups excluding carboxylic acids is 1. The summed E-state index contributed by atoms with van der Waals surface area (Å²) in [6, 6.07) is 1.72. The van der Waals surface area contributed by atoms with Crippen molar-refractivity contribution in [3.05, 3.63) is 34.0 Å². The number of hydrogen-bond donors (Lipinski definition) is 0. The van der Waals surface area contributed by atoms with E-state index >= 15 is 0 Å². The molecule has 0 spiro atoms. The van der Waals surface area contributed by atoms with E-state index in [0.717, 1.165) is 0 Å². The predicted molar refractivity (Wildman–Crippen MR) is 82.0 cm³/mol. The molecular weight excluding hydrogens is 343 g/mol. The van der Waals surface area contributed by atoms with Crippen molar-refractivity contribution in [1.82, 2.24) is 19.9 Å². The highest BCUT2D eigenvalue weighted by atomic mass is 32.1. The summed E-state index contributed by atoms with van der Waals surface area (Å²) in [7, 11) is 0. The minimum absolute atomic E-state index is 0.0479. The predicted octanol–water partition coefficient (Wildman–Crippen LogP) is 2.22. The Morgan fingerprint density at radius 3 is 2.33 bits per heavy atom. The average Bonchev–Trinajstić information content (AvgIpc) is 2.97. The number of thiazole rings is 1.